The van der Waals surface area contributed by atoms with Crippen LogP contribution in [0.15, 0.2) is 36.4 Å². The molecule has 2 atom stereocenters. The Bertz CT molecular complexity index is 1220. The summed E-state index contributed by atoms with van der Waals surface area (Å²) in [5.41, 5.74) is 1.62. The number of carbonyl (C=O) groups excluding carboxylic acids is 2. The highest BCUT2D eigenvalue weighted by molar-refractivity contribution is 7.81. The summed E-state index contributed by atoms with van der Waals surface area (Å²) in [5, 5.41) is 3.03. The van der Waals surface area contributed by atoms with Crippen LogP contribution in [0.25, 0.3) is 4.85 Å². The van der Waals surface area contributed by atoms with Gasteiger partial charge in [0, 0.05) is 29.4 Å². The molecule has 1 saturated heterocycles. The van der Waals surface area contributed by atoms with Crippen LogP contribution >= 0.6 is 12.2 Å². The van der Waals surface area contributed by atoms with Crippen molar-refractivity contribution in [3.05, 3.63) is 64.8 Å². The van der Waals surface area contributed by atoms with Gasteiger partial charge in [-0.2, -0.15) is 0 Å². The van der Waals surface area contributed by atoms with Crippen LogP contribution in [0.2, 0.25) is 0 Å². The van der Waals surface area contributed by atoms with Crippen molar-refractivity contribution in [1.29, 1.82) is 0 Å². The normalized spacial score (nSPS) is 21.2. The van der Waals surface area contributed by atoms with E-state index in [1.54, 1.807) is 56.0 Å². The molecule has 2 unspecified atom stereocenters. The van der Waals surface area contributed by atoms with Crippen molar-refractivity contribution in [2.24, 2.45) is 11.8 Å². The lowest BCUT2D eigenvalue weighted by Crippen LogP contribution is -2.44. The molecule has 1 N–H and O–H groups in total. The van der Waals surface area contributed by atoms with Gasteiger partial charge in [-0.3, -0.25) is 14.5 Å². The Kier molecular flexibility index (Phi) is 5.71. The maximum atomic E-state index is 14.9. The second-order valence-corrected chi connectivity index (χ2v) is 9.58. The summed E-state index contributed by atoms with van der Waals surface area (Å²) < 4.78 is 14.9. The lowest BCUT2D eigenvalue weighted by atomic mass is 10.0. The first-order valence-corrected chi connectivity index (χ1v) is 11.2. The van der Waals surface area contributed by atoms with Gasteiger partial charge in [0.1, 0.15) is 11.4 Å². The van der Waals surface area contributed by atoms with Crippen molar-refractivity contribution in [1.82, 2.24) is 5.32 Å². The van der Waals surface area contributed by atoms with Crippen molar-refractivity contribution in [3.63, 3.8) is 0 Å². The van der Waals surface area contributed by atoms with Gasteiger partial charge in [-0.25, -0.2) is 9.24 Å². The standard InChI is InChI=1S/C25H25FN4O2S/c1-14-11-19(14)22(31)28-13-16-6-7-18(12-20(16)26)30-24(33)29(23(32)25(30,3)4)17-8-9-21(27-5)15(2)10-17/h6-10,12,14,19H,11,13H2,1-4H3,(H,28,31). The Labute approximate surface area is 198 Å². The smallest absolute Gasteiger partial charge is 0.259 e. The summed E-state index contributed by atoms with van der Waals surface area (Å²) in [6.45, 7) is 14.6. The molecule has 1 heterocycles. The van der Waals surface area contributed by atoms with Crippen molar-refractivity contribution >= 4 is 46.2 Å². The molecule has 1 saturated carbocycles. The highest BCUT2D eigenvalue weighted by Crippen LogP contribution is 2.39. The zero-order chi connectivity index (χ0) is 24.1. The number of anilines is 2. The van der Waals surface area contributed by atoms with E-state index in [4.69, 9.17) is 18.8 Å². The fraction of sp³-hybridized carbons (Fsp3) is 0.360. The SMILES string of the molecule is [C-]#[N+]c1ccc(N2C(=O)C(C)(C)N(c3ccc(CNC(=O)C4CC4C)c(F)c3)C2=S)cc1C. The molecule has 8 heteroatoms. The summed E-state index contributed by atoms with van der Waals surface area (Å²) in [6.07, 6.45) is 0.874. The van der Waals surface area contributed by atoms with E-state index in [0.29, 0.717) is 28.5 Å². The van der Waals surface area contributed by atoms with Crippen molar-refractivity contribution in [3.8, 4) is 0 Å². The number of rotatable bonds is 5. The fourth-order valence-corrected chi connectivity index (χ4v) is 4.70. The lowest BCUT2D eigenvalue weighted by molar-refractivity contribution is -0.123. The van der Waals surface area contributed by atoms with Crippen LogP contribution in [0.1, 0.15) is 38.3 Å². The van der Waals surface area contributed by atoms with E-state index in [1.165, 1.54) is 11.0 Å². The minimum atomic E-state index is -1.03. The third-order valence-electron chi connectivity index (χ3n) is 6.42. The predicted molar refractivity (Wildman–Crippen MR) is 130 cm³/mol. The number of halogens is 1. The molecule has 1 aliphatic carbocycles. The molecule has 2 fully saturated rings. The predicted octanol–water partition coefficient (Wildman–Crippen LogP) is 4.87. The molecule has 0 aromatic heterocycles. The summed E-state index contributed by atoms with van der Waals surface area (Å²) in [5.74, 6) is -0.346. The van der Waals surface area contributed by atoms with E-state index in [1.807, 2.05) is 6.92 Å². The third-order valence-corrected chi connectivity index (χ3v) is 6.79. The monoisotopic (exact) mass is 464 g/mol. The van der Waals surface area contributed by atoms with Gasteiger partial charge in [0.2, 0.25) is 5.91 Å². The summed E-state index contributed by atoms with van der Waals surface area (Å²) in [6, 6.07) is 9.78. The van der Waals surface area contributed by atoms with Crippen molar-refractivity contribution in [2.75, 3.05) is 9.80 Å². The summed E-state index contributed by atoms with van der Waals surface area (Å²) in [7, 11) is 0. The molecule has 0 bridgehead atoms. The van der Waals surface area contributed by atoms with E-state index >= 15 is 0 Å². The molecule has 4 rings (SSSR count). The van der Waals surface area contributed by atoms with Crippen LogP contribution in [0, 0.1) is 31.1 Å². The highest BCUT2D eigenvalue weighted by atomic mass is 32.1. The van der Waals surface area contributed by atoms with Crippen molar-refractivity contribution in [2.45, 2.75) is 46.2 Å². The number of hydrogen-bond donors (Lipinski definition) is 1. The minimum Gasteiger partial charge on any atom is -0.352 e. The van der Waals surface area contributed by atoms with Gasteiger partial charge in [0.25, 0.3) is 5.91 Å². The van der Waals surface area contributed by atoms with Crippen molar-refractivity contribution < 1.29 is 14.0 Å². The summed E-state index contributed by atoms with van der Waals surface area (Å²) >= 11 is 5.66. The Morgan fingerprint density at radius 1 is 1.27 bits per heavy atom. The first kappa shape index (κ1) is 22.9. The van der Waals surface area contributed by atoms with Gasteiger partial charge in [-0.1, -0.05) is 19.1 Å². The quantitative estimate of drug-likeness (QED) is 0.507. The van der Waals surface area contributed by atoms with Gasteiger partial charge in [-0.15, -0.1) is 0 Å². The molecule has 2 amide bonds. The average molecular weight is 465 g/mol. The summed E-state index contributed by atoms with van der Waals surface area (Å²) in [4.78, 5) is 31.9. The van der Waals surface area contributed by atoms with Crippen LogP contribution in [0.3, 0.4) is 0 Å². The Balaban J connectivity index is 1.59. The number of nitrogens with one attached hydrogen (secondary N) is 1. The number of amides is 2. The molecule has 170 valence electrons. The fourth-order valence-electron chi connectivity index (χ4n) is 4.18. The van der Waals surface area contributed by atoms with E-state index in [0.717, 1.165) is 12.0 Å². The molecule has 0 radical (unpaired) electrons. The number of benzene rings is 2. The average Bonchev–Trinajstić information content (AvgIpc) is 3.46. The van der Waals surface area contributed by atoms with E-state index in [-0.39, 0.29) is 29.4 Å². The Morgan fingerprint density at radius 3 is 2.52 bits per heavy atom. The maximum absolute atomic E-state index is 14.9. The topological polar surface area (TPSA) is 57.0 Å². The Hall–Kier alpha value is -3.31. The van der Waals surface area contributed by atoms with Crippen LogP contribution in [0.4, 0.5) is 21.5 Å². The largest absolute Gasteiger partial charge is 0.352 e. The molecule has 6 nitrogen and oxygen atoms in total. The van der Waals surface area contributed by atoms with Crippen LogP contribution in [0.5, 0.6) is 0 Å². The molecule has 2 aromatic carbocycles. The highest BCUT2D eigenvalue weighted by Gasteiger charge is 2.50. The lowest BCUT2D eigenvalue weighted by Gasteiger charge is -2.29. The third kappa shape index (κ3) is 3.98. The maximum Gasteiger partial charge on any atom is 0.259 e. The second kappa shape index (κ2) is 8.23. The molecular formula is C25H25FN4O2S. The zero-order valence-corrected chi connectivity index (χ0v) is 19.8. The molecule has 2 aliphatic rings. The van der Waals surface area contributed by atoms with Crippen LogP contribution in [-0.2, 0) is 16.1 Å². The van der Waals surface area contributed by atoms with Gasteiger partial charge < -0.3 is 10.2 Å². The molecule has 2 aromatic rings. The van der Waals surface area contributed by atoms with Gasteiger partial charge >= 0.3 is 0 Å². The first-order chi connectivity index (χ1) is 15.6. The van der Waals surface area contributed by atoms with Gasteiger partial charge in [-0.05, 0) is 75.2 Å². The van der Waals surface area contributed by atoms with Crippen LogP contribution in [-0.4, -0.2) is 22.5 Å². The zero-order valence-electron chi connectivity index (χ0n) is 19.0. The van der Waals surface area contributed by atoms with E-state index in [9.17, 15) is 14.0 Å². The van der Waals surface area contributed by atoms with Gasteiger partial charge in [0.15, 0.2) is 10.8 Å². The second-order valence-electron chi connectivity index (χ2n) is 9.21. The first-order valence-electron chi connectivity index (χ1n) is 10.8. The number of aryl methyl sites for hydroxylation is 1. The van der Waals surface area contributed by atoms with E-state index < -0.39 is 11.4 Å². The Morgan fingerprint density at radius 2 is 1.94 bits per heavy atom. The van der Waals surface area contributed by atoms with Crippen LogP contribution < -0.4 is 15.1 Å². The van der Waals surface area contributed by atoms with E-state index in [2.05, 4.69) is 10.2 Å². The molecule has 0 spiro atoms. The number of carbonyl (C=O) groups is 2. The molecule has 33 heavy (non-hydrogen) atoms. The minimum absolute atomic E-state index is 0.0274. The number of hydrogen-bond acceptors (Lipinski definition) is 3. The van der Waals surface area contributed by atoms with Gasteiger partial charge in [0.05, 0.1) is 6.57 Å². The molecule has 1 aliphatic heterocycles. The molecular weight excluding hydrogens is 439 g/mol. The number of thiocarbonyl (C=S) groups is 1. The number of nitrogens with zero attached hydrogens (tertiary/aromatic N) is 3.